The molecular weight excluding hydrogens is 364 g/mol. The summed E-state index contributed by atoms with van der Waals surface area (Å²) in [5.74, 6) is 2.25. The predicted octanol–water partition coefficient (Wildman–Crippen LogP) is 4.00. The van der Waals surface area contributed by atoms with Gasteiger partial charge < -0.3 is 20.9 Å². The normalized spacial score (nSPS) is 22.5. The quantitative estimate of drug-likeness (QED) is 0.793. The summed E-state index contributed by atoms with van der Waals surface area (Å²) in [6.07, 6.45) is 7.48. The van der Waals surface area contributed by atoms with Gasteiger partial charge in [0.2, 0.25) is 0 Å². The van der Waals surface area contributed by atoms with Crippen LogP contribution in [0.3, 0.4) is 0 Å². The number of anilines is 1. The van der Waals surface area contributed by atoms with Crippen LogP contribution in [-0.4, -0.2) is 28.7 Å². The van der Waals surface area contributed by atoms with E-state index in [1.165, 1.54) is 0 Å². The third kappa shape index (κ3) is 3.78. The van der Waals surface area contributed by atoms with Crippen molar-refractivity contribution in [3.05, 3.63) is 29.6 Å². The Morgan fingerprint density at radius 2 is 1.90 bits per heavy atom. The Balaban J connectivity index is 1.77. The number of rotatable bonds is 5. The lowest BCUT2D eigenvalue weighted by Crippen LogP contribution is -2.32. The van der Waals surface area contributed by atoms with Gasteiger partial charge in [0.15, 0.2) is 11.5 Å². The van der Waals surface area contributed by atoms with Crippen molar-refractivity contribution in [2.75, 3.05) is 12.3 Å². The molecular formula is C23H32N4O2. The zero-order valence-corrected chi connectivity index (χ0v) is 17.7. The smallest absolute Gasteiger partial charge is 0.165 e. The van der Waals surface area contributed by atoms with Crippen LogP contribution in [0.4, 0.5) is 5.82 Å². The van der Waals surface area contributed by atoms with Gasteiger partial charge in [0.05, 0.1) is 18.4 Å². The molecule has 156 valence electrons. The van der Waals surface area contributed by atoms with Gasteiger partial charge >= 0.3 is 0 Å². The zero-order valence-electron chi connectivity index (χ0n) is 17.7. The standard InChI is InChI=1S/C23H32N4O2/c1-4-11-28-21-17-12-23(2,3)19-20(26-13-27-22(19)25)16(17)9-10-18(21)29-15-7-5-14(24)6-8-15/h9-10,13-15H,4-8,11-12,24H2,1-3H3,(H2,25,26,27). The summed E-state index contributed by atoms with van der Waals surface area (Å²) >= 11 is 0. The first-order chi connectivity index (χ1) is 13.9. The zero-order chi connectivity index (χ0) is 20.6. The third-order valence-corrected chi connectivity index (χ3v) is 6.11. The summed E-state index contributed by atoms with van der Waals surface area (Å²) in [6.45, 7) is 7.15. The van der Waals surface area contributed by atoms with Gasteiger partial charge in [-0.1, -0.05) is 20.8 Å². The molecule has 0 bridgehead atoms. The first-order valence-corrected chi connectivity index (χ1v) is 10.7. The molecule has 0 unspecified atom stereocenters. The molecule has 1 aromatic heterocycles. The summed E-state index contributed by atoms with van der Waals surface area (Å²) in [7, 11) is 0. The fourth-order valence-electron chi connectivity index (χ4n) is 4.65. The minimum atomic E-state index is -0.186. The molecule has 0 atom stereocenters. The molecule has 2 aliphatic rings. The van der Waals surface area contributed by atoms with Crippen molar-refractivity contribution in [2.24, 2.45) is 5.73 Å². The maximum Gasteiger partial charge on any atom is 0.165 e. The van der Waals surface area contributed by atoms with Crippen LogP contribution in [-0.2, 0) is 11.8 Å². The molecule has 29 heavy (non-hydrogen) atoms. The van der Waals surface area contributed by atoms with E-state index in [1.807, 2.05) is 6.07 Å². The highest BCUT2D eigenvalue weighted by Gasteiger charge is 2.37. The van der Waals surface area contributed by atoms with Gasteiger partial charge in [-0.05, 0) is 56.1 Å². The fraction of sp³-hybridized carbons (Fsp3) is 0.565. The SMILES string of the molecule is CCCOc1c(OC2CCC(N)CC2)ccc2c1CC(C)(C)c1c(N)ncnc1-2. The lowest BCUT2D eigenvalue weighted by molar-refractivity contribution is 0.139. The molecule has 1 fully saturated rings. The first kappa shape index (κ1) is 20.0. The van der Waals surface area contributed by atoms with Gasteiger partial charge in [-0.3, -0.25) is 0 Å². The Labute approximate surface area is 173 Å². The highest BCUT2D eigenvalue weighted by Crippen LogP contribution is 2.49. The van der Waals surface area contributed by atoms with Gasteiger partial charge in [0.1, 0.15) is 12.1 Å². The van der Waals surface area contributed by atoms with Gasteiger partial charge in [-0.15, -0.1) is 0 Å². The Morgan fingerprint density at radius 3 is 2.62 bits per heavy atom. The monoisotopic (exact) mass is 396 g/mol. The average Bonchev–Trinajstić information content (AvgIpc) is 2.68. The third-order valence-electron chi connectivity index (χ3n) is 6.11. The second-order valence-electron chi connectivity index (χ2n) is 8.97. The van der Waals surface area contributed by atoms with Crippen molar-refractivity contribution in [2.45, 2.75) is 76.9 Å². The van der Waals surface area contributed by atoms with Crippen molar-refractivity contribution in [3.8, 4) is 22.8 Å². The molecule has 1 saturated carbocycles. The number of nitrogen functional groups attached to an aromatic ring is 1. The number of hydrogen-bond donors (Lipinski definition) is 2. The van der Waals surface area contributed by atoms with E-state index in [9.17, 15) is 0 Å². The number of benzene rings is 1. The second-order valence-corrected chi connectivity index (χ2v) is 8.97. The molecule has 0 radical (unpaired) electrons. The van der Waals surface area contributed by atoms with Crippen LogP contribution in [0, 0.1) is 0 Å². The van der Waals surface area contributed by atoms with E-state index in [0.717, 1.165) is 72.4 Å². The molecule has 0 saturated heterocycles. The number of hydrogen-bond acceptors (Lipinski definition) is 6. The maximum atomic E-state index is 6.44. The van der Waals surface area contributed by atoms with Gasteiger partial charge in [-0.25, -0.2) is 9.97 Å². The van der Waals surface area contributed by atoms with Crippen molar-refractivity contribution in [1.82, 2.24) is 9.97 Å². The Hall–Kier alpha value is -2.34. The van der Waals surface area contributed by atoms with Crippen molar-refractivity contribution < 1.29 is 9.47 Å². The highest BCUT2D eigenvalue weighted by atomic mass is 16.5. The number of nitrogens with zero attached hydrogens (tertiary/aromatic N) is 2. The largest absolute Gasteiger partial charge is 0.489 e. The topological polar surface area (TPSA) is 96.3 Å². The van der Waals surface area contributed by atoms with Gasteiger partial charge in [0.25, 0.3) is 0 Å². The molecule has 0 spiro atoms. The van der Waals surface area contributed by atoms with Crippen molar-refractivity contribution in [1.29, 1.82) is 0 Å². The molecule has 4 rings (SSSR count). The van der Waals surface area contributed by atoms with Crippen LogP contribution in [0.15, 0.2) is 18.5 Å². The predicted molar refractivity (Wildman–Crippen MR) is 115 cm³/mol. The molecule has 1 aromatic carbocycles. The van der Waals surface area contributed by atoms with E-state index >= 15 is 0 Å². The van der Waals surface area contributed by atoms with Crippen LogP contribution in [0.5, 0.6) is 11.5 Å². The molecule has 2 aromatic rings. The Bertz CT molecular complexity index is 889. The van der Waals surface area contributed by atoms with E-state index in [4.69, 9.17) is 20.9 Å². The second kappa shape index (κ2) is 7.82. The Morgan fingerprint density at radius 1 is 1.14 bits per heavy atom. The number of nitrogens with two attached hydrogens (primary N) is 2. The highest BCUT2D eigenvalue weighted by molar-refractivity contribution is 5.78. The van der Waals surface area contributed by atoms with Crippen molar-refractivity contribution in [3.63, 3.8) is 0 Å². The summed E-state index contributed by atoms with van der Waals surface area (Å²) in [4.78, 5) is 8.83. The van der Waals surface area contributed by atoms with Crippen LogP contribution in [0.25, 0.3) is 11.3 Å². The lowest BCUT2D eigenvalue weighted by Gasteiger charge is -2.35. The van der Waals surface area contributed by atoms with Gasteiger partial charge in [-0.2, -0.15) is 0 Å². The van der Waals surface area contributed by atoms with Crippen LogP contribution in [0.2, 0.25) is 0 Å². The molecule has 0 aliphatic heterocycles. The van der Waals surface area contributed by atoms with E-state index in [0.29, 0.717) is 18.5 Å². The van der Waals surface area contributed by atoms with Crippen LogP contribution in [0.1, 0.15) is 64.0 Å². The van der Waals surface area contributed by atoms with E-state index in [2.05, 4.69) is 36.8 Å². The first-order valence-electron chi connectivity index (χ1n) is 10.7. The molecule has 0 amide bonds. The molecule has 1 heterocycles. The summed E-state index contributed by atoms with van der Waals surface area (Å²) in [5, 5.41) is 0. The molecule has 6 heteroatoms. The molecule has 6 nitrogen and oxygen atoms in total. The van der Waals surface area contributed by atoms with E-state index in [-0.39, 0.29) is 11.5 Å². The number of fused-ring (bicyclic) bond motifs is 3. The number of aromatic nitrogens is 2. The summed E-state index contributed by atoms with van der Waals surface area (Å²) < 4.78 is 12.7. The van der Waals surface area contributed by atoms with Gasteiger partial charge in [0, 0.05) is 22.7 Å². The molecule has 4 N–H and O–H groups in total. The number of ether oxygens (including phenoxy) is 2. The van der Waals surface area contributed by atoms with Crippen LogP contribution < -0.4 is 20.9 Å². The maximum absolute atomic E-state index is 6.44. The van der Waals surface area contributed by atoms with Crippen molar-refractivity contribution >= 4 is 5.82 Å². The van der Waals surface area contributed by atoms with E-state index < -0.39 is 0 Å². The minimum Gasteiger partial charge on any atom is -0.489 e. The fourth-order valence-corrected chi connectivity index (χ4v) is 4.65. The summed E-state index contributed by atoms with van der Waals surface area (Å²) in [6, 6.07) is 4.42. The van der Waals surface area contributed by atoms with Crippen LogP contribution >= 0.6 is 0 Å². The molecule has 2 aliphatic carbocycles. The summed E-state index contributed by atoms with van der Waals surface area (Å²) in [5.41, 5.74) is 16.3. The lowest BCUT2D eigenvalue weighted by atomic mass is 9.71. The minimum absolute atomic E-state index is 0.186. The van der Waals surface area contributed by atoms with E-state index in [1.54, 1.807) is 6.33 Å². The average molecular weight is 397 g/mol. The Kier molecular flexibility index (Phi) is 5.38.